The highest BCUT2D eigenvalue weighted by molar-refractivity contribution is 6.02. The van der Waals surface area contributed by atoms with E-state index in [-0.39, 0.29) is 100 Å². The molecule has 0 aromatic carbocycles. The molecule has 2 fully saturated rings. The topological polar surface area (TPSA) is 306 Å². The molecular weight excluding hydrogens is 1040 g/mol. The van der Waals surface area contributed by atoms with Gasteiger partial charge in [-0.05, 0) is 25.7 Å². The Kier molecular flexibility index (Phi) is 40.5. The lowest BCUT2D eigenvalue weighted by molar-refractivity contribution is -0.198. The molecule has 0 radical (unpaired) electrons. The molecular formula is C54H91N5O20. The van der Waals surface area contributed by atoms with Gasteiger partial charge in [0.05, 0.1) is 119 Å². The van der Waals surface area contributed by atoms with Gasteiger partial charge in [-0.25, -0.2) is 9.59 Å². The van der Waals surface area contributed by atoms with Crippen LogP contribution in [0.4, 0.5) is 0 Å². The normalized spacial score (nSPS) is 13.6. The van der Waals surface area contributed by atoms with Crippen molar-refractivity contribution in [1.29, 1.82) is 0 Å². The van der Waals surface area contributed by atoms with Crippen molar-refractivity contribution >= 4 is 59.1 Å². The van der Waals surface area contributed by atoms with Gasteiger partial charge in [0.15, 0.2) is 0 Å². The smallest absolute Gasteiger partial charge is 0.335 e. The van der Waals surface area contributed by atoms with Crippen LogP contribution in [0.25, 0.3) is 0 Å². The minimum Gasteiger partial charge on any atom is -0.380 e. The molecule has 2 aliphatic rings. The standard InChI is InChI=1S/C54H91N5O20/c1-54(2,42-76-28-21-44(60)14-10-6-3-4-7-11-15-45(61)56-26-32-72-36-40-74-38-34-70-30-23-52(68)78-58-48(64)17-18-49(58)65)43-77-29-22-47(63)55-25-13-9-5-8-12-16-46(62)57-27-33-73-37-41-75-39-35-71-31-24-53(69)79-59-50(66)19-20-51(59)67/h3-43H2,1-2H3,(H,55,63)(H,56,61)(H,57,62). The van der Waals surface area contributed by atoms with Gasteiger partial charge in [-0.2, -0.15) is 0 Å². The number of hydrogen-bond donors (Lipinski definition) is 3. The highest BCUT2D eigenvalue weighted by Gasteiger charge is 2.33. The summed E-state index contributed by atoms with van der Waals surface area (Å²) in [5, 5.41) is 9.64. The average molecular weight is 1130 g/mol. The van der Waals surface area contributed by atoms with E-state index < -0.39 is 35.6 Å². The summed E-state index contributed by atoms with van der Waals surface area (Å²) in [6.45, 7) is 10.4. The molecule has 0 bridgehead atoms. The van der Waals surface area contributed by atoms with Gasteiger partial charge in [-0.3, -0.25) is 38.4 Å². The van der Waals surface area contributed by atoms with Crippen molar-refractivity contribution < 1.29 is 95.5 Å². The lowest BCUT2D eigenvalue weighted by Gasteiger charge is -2.24. The SMILES string of the molecule is CC(C)(COCCC(=O)CCCCCCCCC(=O)NCCOCCOCCOCCC(=O)ON1C(=O)CCC1=O)COCCC(=O)NCCCCCCCC(=O)NCCOCCOCCOCCC(=O)ON1C(=O)CCC1=O. The van der Waals surface area contributed by atoms with Gasteiger partial charge in [0.2, 0.25) is 17.7 Å². The molecule has 25 nitrogen and oxygen atoms in total. The molecule has 25 heteroatoms. The Morgan fingerprint density at radius 1 is 0.354 bits per heavy atom. The van der Waals surface area contributed by atoms with E-state index in [2.05, 4.69) is 16.0 Å². The molecule has 0 aliphatic carbocycles. The quantitative estimate of drug-likeness (QED) is 0.0581. The lowest BCUT2D eigenvalue weighted by atomic mass is 9.96. The maximum atomic E-state index is 12.4. The number of unbranched alkanes of at least 4 members (excludes halogenated alkanes) is 9. The van der Waals surface area contributed by atoms with E-state index in [1.807, 2.05) is 13.8 Å². The van der Waals surface area contributed by atoms with Crippen molar-refractivity contribution in [3.05, 3.63) is 0 Å². The van der Waals surface area contributed by atoms with Crippen LogP contribution in [0.3, 0.4) is 0 Å². The van der Waals surface area contributed by atoms with Crippen LogP contribution in [0.5, 0.6) is 0 Å². The zero-order valence-electron chi connectivity index (χ0n) is 47.1. The van der Waals surface area contributed by atoms with Gasteiger partial charge >= 0.3 is 11.9 Å². The number of ketones is 1. The molecule has 452 valence electrons. The monoisotopic (exact) mass is 1130 g/mol. The summed E-state index contributed by atoms with van der Waals surface area (Å²) in [5.41, 5.74) is -0.265. The van der Waals surface area contributed by atoms with Gasteiger partial charge in [0.1, 0.15) is 5.78 Å². The second-order valence-electron chi connectivity index (χ2n) is 19.8. The van der Waals surface area contributed by atoms with Crippen molar-refractivity contribution in [3.63, 3.8) is 0 Å². The Morgan fingerprint density at radius 2 is 0.671 bits per heavy atom. The summed E-state index contributed by atoms with van der Waals surface area (Å²) in [6.07, 6.45) is 12.1. The Morgan fingerprint density at radius 3 is 1.10 bits per heavy atom. The highest BCUT2D eigenvalue weighted by Crippen LogP contribution is 2.17. The lowest BCUT2D eigenvalue weighted by Crippen LogP contribution is -2.32. The highest BCUT2D eigenvalue weighted by atomic mass is 16.7. The van der Waals surface area contributed by atoms with Crippen molar-refractivity contribution in [2.45, 2.75) is 155 Å². The number of hydroxylamine groups is 4. The number of imide groups is 2. The van der Waals surface area contributed by atoms with Gasteiger partial charge in [0, 0.05) is 82.8 Å². The summed E-state index contributed by atoms with van der Waals surface area (Å²) < 4.78 is 43.9. The summed E-state index contributed by atoms with van der Waals surface area (Å²) in [4.78, 5) is 128. The predicted molar refractivity (Wildman–Crippen MR) is 282 cm³/mol. The average Bonchev–Trinajstić information content (AvgIpc) is 3.92. The van der Waals surface area contributed by atoms with Crippen molar-refractivity contribution in [3.8, 4) is 0 Å². The number of hydrogen-bond acceptors (Lipinski definition) is 20. The number of amides is 7. The molecule has 7 amide bonds. The van der Waals surface area contributed by atoms with Gasteiger partial charge < -0.3 is 63.5 Å². The molecule has 3 N–H and O–H groups in total. The Labute approximate surface area is 465 Å². The van der Waals surface area contributed by atoms with Crippen LogP contribution in [-0.2, 0) is 95.5 Å². The molecule has 2 heterocycles. The summed E-state index contributed by atoms with van der Waals surface area (Å²) >= 11 is 0. The van der Waals surface area contributed by atoms with E-state index in [1.165, 1.54) is 0 Å². The molecule has 2 saturated heterocycles. The van der Waals surface area contributed by atoms with E-state index in [9.17, 15) is 47.9 Å². The van der Waals surface area contributed by atoms with Crippen LogP contribution in [0.1, 0.15) is 155 Å². The van der Waals surface area contributed by atoms with Gasteiger partial charge in [-0.15, -0.1) is 10.1 Å². The maximum absolute atomic E-state index is 12.4. The number of ether oxygens (including phenoxy) is 8. The van der Waals surface area contributed by atoms with Crippen molar-refractivity contribution in [1.82, 2.24) is 26.1 Å². The van der Waals surface area contributed by atoms with Gasteiger partial charge in [-0.1, -0.05) is 58.8 Å². The molecule has 0 aromatic rings. The largest absolute Gasteiger partial charge is 0.380 e. The predicted octanol–water partition coefficient (Wildman–Crippen LogP) is 3.30. The van der Waals surface area contributed by atoms with Crippen LogP contribution < -0.4 is 16.0 Å². The molecule has 0 spiro atoms. The van der Waals surface area contributed by atoms with Crippen LogP contribution in [0, 0.1) is 5.41 Å². The number of nitrogens with zero attached hydrogens (tertiary/aromatic N) is 2. The van der Waals surface area contributed by atoms with Crippen LogP contribution in [0.15, 0.2) is 0 Å². The van der Waals surface area contributed by atoms with Crippen LogP contribution >= 0.6 is 0 Å². The third-order valence-electron chi connectivity index (χ3n) is 11.9. The third-order valence-corrected chi connectivity index (χ3v) is 11.9. The van der Waals surface area contributed by atoms with Crippen molar-refractivity contribution in [2.75, 3.05) is 125 Å². The molecule has 0 atom stereocenters. The number of Topliss-reactive ketones (excluding diaryl/α,β-unsaturated/α-hetero) is 1. The summed E-state index contributed by atoms with van der Waals surface area (Å²) in [5.74, 6) is -3.45. The molecule has 0 aromatic heterocycles. The van der Waals surface area contributed by atoms with E-state index in [0.717, 1.165) is 70.6 Å². The molecule has 0 unspecified atom stereocenters. The first-order valence-corrected chi connectivity index (χ1v) is 28.2. The maximum Gasteiger partial charge on any atom is 0.335 e. The number of nitrogens with one attached hydrogen (secondary N) is 3. The minimum absolute atomic E-state index is 0.0125. The zero-order valence-corrected chi connectivity index (χ0v) is 47.1. The number of carbonyl (C=O) groups excluding carboxylic acids is 10. The van der Waals surface area contributed by atoms with E-state index in [4.69, 9.17) is 47.6 Å². The fraction of sp³-hybridized carbons (Fsp3) is 0.815. The summed E-state index contributed by atoms with van der Waals surface area (Å²) in [6, 6.07) is 0. The Balaban J connectivity index is 1.24. The zero-order chi connectivity index (χ0) is 57.6. The first-order chi connectivity index (χ1) is 38.2. The Hall–Kier alpha value is -5.02. The number of carbonyl (C=O) groups is 10. The summed E-state index contributed by atoms with van der Waals surface area (Å²) in [7, 11) is 0. The molecule has 2 rings (SSSR count). The first kappa shape index (κ1) is 70.1. The third kappa shape index (κ3) is 39.1. The van der Waals surface area contributed by atoms with E-state index >= 15 is 0 Å². The van der Waals surface area contributed by atoms with E-state index in [1.54, 1.807) is 0 Å². The van der Waals surface area contributed by atoms with Crippen molar-refractivity contribution in [2.24, 2.45) is 5.41 Å². The molecule has 0 saturated carbocycles. The first-order valence-electron chi connectivity index (χ1n) is 28.2. The molecule has 2 aliphatic heterocycles. The fourth-order valence-corrected chi connectivity index (χ4v) is 7.49. The fourth-order valence-electron chi connectivity index (χ4n) is 7.49. The Bertz CT molecular complexity index is 1650. The number of rotatable bonds is 53. The second kappa shape index (κ2) is 45.7. The van der Waals surface area contributed by atoms with Gasteiger partial charge in [0.25, 0.3) is 23.6 Å². The van der Waals surface area contributed by atoms with E-state index in [0.29, 0.717) is 135 Å². The van der Waals surface area contributed by atoms with Crippen LogP contribution in [0.2, 0.25) is 0 Å². The minimum atomic E-state index is -0.721. The molecule has 79 heavy (non-hydrogen) atoms. The van der Waals surface area contributed by atoms with Crippen LogP contribution in [-0.4, -0.2) is 195 Å². The second-order valence-corrected chi connectivity index (χ2v) is 19.8.